The van der Waals surface area contributed by atoms with Gasteiger partial charge in [-0.15, -0.1) is 5.10 Å². The average Bonchev–Trinajstić information content (AvgIpc) is 3.28. The van der Waals surface area contributed by atoms with Crippen LogP contribution in [0.25, 0.3) is 27.9 Å². The number of methoxy groups -OCH3 is 2. The van der Waals surface area contributed by atoms with Gasteiger partial charge < -0.3 is 19.4 Å². The van der Waals surface area contributed by atoms with Crippen LogP contribution in [0.15, 0.2) is 30.6 Å². The number of nitrogens with zero attached hydrogens (tertiary/aromatic N) is 6. The lowest BCUT2D eigenvalue weighted by atomic mass is 9.89. The molecule has 0 radical (unpaired) electrons. The molecule has 1 N–H and O–H groups in total. The molecule has 0 atom stereocenters. The van der Waals surface area contributed by atoms with Crippen molar-refractivity contribution in [1.29, 1.82) is 0 Å². The van der Waals surface area contributed by atoms with Gasteiger partial charge in [-0.05, 0) is 38.0 Å². The molecule has 9 heteroatoms. The summed E-state index contributed by atoms with van der Waals surface area (Å²) in [7, 11) is 3.45. The fourth-order valence-electron chi connectivity index (χ4n) is 3.96. The highest BCUT2D eigenvalue weighted by atomic mass is 16.5. The molecular formula is C21H25N7O2. The van der Waals surface area contributed by atoms with Crippen LogP contribution in [0, 0.1) is 6.92 Å². The third-order valence-corrected chi connectivity index (χ3v) is 5.76. The lowest BCUT2D eigenvalue weighted by Crippen LogP contribution is -2.40. The van der Waals surface area contributed by atoms with Crippen LogP contribution in [-0.2, 0) is 16.0 Å². The van der Waals surface area contributed by atoms with E-state index < -0.39 is 0 Å². The Morgan fingerprint density at radius 3 is 2.83 bits per heavy atom. The monoisotopic (exact) mass is 407 g/mol. The molecule has 0 aliphatic heterocycles. The molecule has 0 spiro atoms. The second-order valence-electron chi connectivity index (χ2n) is 7.65. The summed E-state index contributed by atoms with van der Waals surface area (Å²) < 4.78 is 14.5. The van der Waals surface area contributed by atoms with Crippen molar-refractivity contribution in [1.82, 2.24) is 29.1 Å². The molecule has 4 heterocycles. The Kier molecular flexibility index (Phi) is 4.84. The molecule has 1 saturated carbocycles. The summed E-state index contributed by atoms with van der Waals surface area (Å²) in [5.74, 6) is 1.56. The van der Waals surface area contributed by atoms with Crippen molar-refractivity contribution < 1.29 is 9.47 Å². The molecule has 5 rings (SSSR count). The Bertz CT molecular complexity index is 1190. The molecule has 0 unspecified atom stereocenters. The summed E-state index contributed by atoms with van der Waals surface area (Å²) in [6.07, 6.45) is 6.09. The Morgan fingerprint density at radius 2 is 2.03 bits per heavy atom. The molecular weight excluding hydrogens is 382 g/mol. The second-order valence-corrected chi connectivity index (χ2v) is 7.65. The number of fused-ring (bicyclic) bond motifs is 2. The number of hydrogen-bond donors (Lipinski definition) is 1. The maximum atomic E-state index is 5.33. The number of aryl methyl sites for hydroxylation is 1. The number of hydrogen-bond acceptors (Lipinski definition) is 7. The van der Waals surface area contributed by atoms with Crippen molar-refractivity contribution in [2.24, 2.45) is 0 Å². The predicted octanol–water partition coefficient (Wildman–Crippen LogP) is 2.69. The number of anilines is 1. The molecule has 30 heavy (non-hydrogen) atoms. The zero-order chi connectivity index (χ0) is 20.7. The van der Waals surface area contributed by atoms with E-state index in [1.165, 1.54) is 0 Å². The minimum atomic E-state index is 0.339. The van der Waals surface area contributed by atoms with Crippen molar-refractivity contribution in [2.75, 3.05) is 26.1 Å². The highest BCUT2D eigenvalue weighted by Crippen LogP contribution is 2.28. The van der Waals surface area contributed by atoms with Crippen LogP contribution in [0.3, 0.4) is 0 Å². The van der Waals surface area contributed by atoms with Crippen LogP contribution < -0.4 is 5.32 Å². The average molecular weight is 407 g/mol. The van der Waals surface area contributed by atoms with Gasteiger partial charge in [0.25, 0.3) is 0 Å². The molecule has 0 bridgehead atoms. The van der Waals surface area contributed by atoms with E-state index in [4.69, 9.17) is 14.5 Å². The van der Waals surface area contributed by atoms with Crippen LogP contribution >= 0.6 is 0 Å². The summed E-state index contributed by atoms with van der Waals surface area (Å²) >= 11 is 0. The summed E-state index contributed by atoms with van der Waals surface area (Å²) in [5.41, 5.74) is 4.51. The molecule has 4 aromatic heterocycles. The van der Waals surface area contributed by atoms with Gasteiger partial charge in [-0.1, -0.05) is 0 Å². The molecule has 1 aliphatic carbocycles. The Morgan fingerprint density at radius 1 is 1.17 bits per heavy atom. The van der Waals surface area contributed by atoms with Crippen molar-refractivity contribution in [2.45, 2.75) is 38.5 Å². The SMILES string of the molecule is COCCn1c(C)nc2ccc(-c3ccn4nc(NC5CC(OC)C5)ncc34)nc21. The molecule has 1 aliphatic rings. The van der Waals surface area contributed by atoms with Gasteiger partial charge in [-0.2, -0.15) is 0 Å². The van der Waals surface area contributed by atoms with Crippen molar-refractivity contribution in [3.8, 4) is 11.3 Å². The molecule has 9 nitrogen and oxygen atoms in total. The van der Waals surface area contributed by atoms with Crippen molar-refractivity contribution in [3.05, 3.63) is 36.4 Å². The van der Waals surface area contributed by atoms with Gasteiger partial charge in [-0.3, -0.25) is 0 Å². The quantitative estimate of drug-likeness (QED) is 0.504. The van der Waals surface area contributed by atoms with Gasteiger partial charge in [0, 0.05) is 38.6 Å². The third-order valence-electron chi connectivity index (χ3n) is 5.76. The van der Waals surface area contributed by atoms with E-state index in [-0.39, 0.29) is 0 Å². The van der Waals surface area contributed by atoms with Gasteiger partial charge in [0.2, 0.25) is 5.95 Å². The molecule has 4 aromatic rings. The van der Waals surface area contributed by atoms with Crippen LogP contribution in [0.5, 0.6) is 0 Å². The van der Waals surface area contributed by atoms with Crippen LogP contribution in [0.1, 0.15) is 18.7 Å². The first-order chi connectivity index (χ1) is 14.7. The van der Waals surface area contributed by atoms with E-state index in [9.17, 15) is 0 Å². The van der Waals surface area contributed by atoms with E-state index in [2.05, 4.69) is 25.0 Å². The van der Waals surface area contributed by atoms with E-state index in [1.807, 2.05) is 42.0 Å². The Hall–Kier alpha value is -3.04. The normalized spacial score (nSPS) is 18.8. The summed E-state index contributed by atoms with van der Waals surface area (Å²) in [6.45, 7) is 3.32. The number of aromatic nitrogens is 6. The number of rotatable bonds is 7. The predicted molar refractivity (Wildman–Crippen MR) is 114 cm³/mol. The van der Waals surface area contributed by atoms with E-state index in [0.29, 0.717) is 24.7 Å². The molecule has 0 aromatic carbocycles. The Balaban J connectivity index is 1.45. The minimum Gasteiger partial charge on any atom is -0.383 e. The lowest BCUT2D eigenvalue weighted by molar-refractivity contribution is 0.0326. The van der Waals surface area contributed by atoms with Crippen molar-refractivity contribution in [3.63, 3.8) is 0 Å². The molecule has 0 saturated heterocycles. The molecule has 1 fully saturated rings. The third kappa shape index (κ3) is 3.29. The smallest absolute Gasteiger partial charge is 0.241 e. The van der Waals surface area contributed by atoms with E-state index in [1.54, 1.807) is 14.2 Å². The molecule has 0 amide bonds. The Labute approximate surface area is 174 Å². The van der Waals surface area contributed by atoms with E-state index in [0.717, 1.165) is 53.1 Å². The highest BCUT2D eigenvalue weighted by molar-refractivity contribution is 5.82. The standard InChI is InChI=1S/C21H25N7O2/c1-13-23-18-5-4-17(25-20(18)27(13)8-9-29-2)16-6-7-28-19(16)12-22-21(26-28)24-14-10-15(11-14)30-3/h4-7,12,14-15H,8-11H2,1-3H3,(H,24,26). The maximum absolute atomic E-state index is 5.33. The number of ether oxygens (including phenoxy) is 2. The van der Waals surface area contributed by atoms with Gasteiger partial charge in [-0.25, -0.2) is 19.5 Å². The first kappa shape index (κ1) is 19.0. The minimum absolute atomic E-state index is 0.339. The van der Waals surface area contributed by atoms with Crippen molar-refractivity contribution >= 4 is 22.6 Å². The number of imidazole rings is 1. The number of pyridine rings is 1. The summed E-state index contributed by atoms with van der Waals surface area (Å²) in [6, 6.07) is 6.39. The molecule has 156 valence electrons. The zero-order valence-electron chi connectivity index (χ0n) is 17.4. The first-order valence-electron chi connectivity index (χ1n) is 10.1. The largest absolute Gasteiger partial charge is 0.383 e. The fourth-order valence-corrected chi connectivity index (χ4v) is 3.96. The van der Waals surface area contributed by atoms with Crippen LogP contribution in [-0.4, -0.2) is 62.1 Å². The fraction of sp³-hybridized carbons (Fsp3) is 0.429. The highest BCUT2D eigenvalue weighted by Gasteiger charge is 2.29. The van der Waals surface area contributed by atoms with Gasteiger partial charge >= 0.3 is 0 Å². The number of nitrogens with one attached hydrogen (secondary N) is 1. The summed E-state index contributed by atoms with van der Waals surface area (Å²) in [4.78, 5) is 14.0. The van der Waals surface area contributed by atoms with Crippen LogP contribution in [0.2, 0.25) is 0 Å². The summed E-state index contributed by atoms with van der Waals surface area (Å²) in [5, 5.41) is 7.99. The lowest BCUT2D eigenvalue weighted by Gasteiger charge is -2.34. The van der Waals surface area contributed by atoms with Gasteiger partial charge in [0.05, 0.1) is 30.1 Å². The van der Waals surface area contributed by atoms with Gasteiger partial charge in [0.1, 0.15) is 11.3 Å². The zero-order valence-corrected chi connectivity index (χ0v) is 17.4. The second kappa shape index (κ2) is 7.66. The van der Waals surface area contributed by atoms with Crippen LogP contribution in [0.4, 0.5) is 5.95 Å². The first-order valence-corrected chi connectivity index (χ1v) is 10.1. The van der Waals surface area contributed by atoms with Gasteiger partial charge in [0.15, 0.2) is 5.65 Å². The van der Waals surface area contributed by atoms with E-state index >= 15 is 0 Å². The maximum Gasteiger partial charge on any atom is 0.241 e. The topological polar surface area (TPSA) is 91.4 Å².